The molecule has 16 heavy (non-hydrogen) atoms. The fraction of sp³-hybridized carbons (Fsp3) is 0.417. The van der Waals surface area contributed by atoms with Crippen molar-refractivity contribution in [1.82, 2.24) is 4.98 Å². The van der Waals surface area contributed by atoms with E-state index < -0.39 is 5.60 Å². The largest absolute Gasteiger partial charge is 0.464 e. The van der Waals surface area contributed by atoms with Crippen molar-refractivity contribution in [2.45, 2.75) is 25.9 Å². The molecule has 0 saturated carbocycles. The summed E-state index contributed by atoms with van der Waals surface area (Å²) in [4.78, 5) is 4.23. The summed E-state index contributed by atoms with van der Waals surface area (Å²) in [7, 11) is 0. The molecule has 2 aromatic heterocycles. The topological polar surface area (TPSA) is 58.3 Å². The molecule has 1 atom stereocenters. The Morgan fingerprint density at radius 1 is 1.50 bits per heavy atom. The number of hydrogen-bond acceptors (Lipinski definition) is 4. The number of nitrogens with one attached hydrogen (secondary N) is 1. The molecule has 2 heterocycles. The first-order valence-electron chi connectivity index (χ1n) is 5.41. The lowest BCUT2D eigenvalue weighted by Crippen LogP contribution is -2.32. The third kappa shape index (κ3) is 2.17. The minimum Gasteiger partial charge on any atom is -0.464 e. The maximum Gasteiger partial charge on any atom is 0.139 e. The first kappa shape index (κ1) is 11.0. The van der Waals surface area contributed by atoms with Crippen LogP contribution in [0.1, 0.15) is 20.3 Å². The van der Waals surface area contributed by atoms with E-state index in [4.69, 9.17) is 4.42 Å². The molecule has 0 aliphatic heterocycles. The van der Waals surface area contributed by atoms with Crippen molar-refractivity contribution >= 4 is 16.8 Å². The van der Waals surface area contributed by atoms with Gasteiger partial charge in [0.1, 0.15) is 11.4 Å². The summed E-state index contributed by atoms with van der Waals surface area (Å²) < 4.78 is 5.27. The Bertz CT molecular complexity index is 477. The van der Waals surface area contributed by atoms with Crippen LogP contribution in [0.5, 0.6) is 0 Å². The second-order valence-corrected chi connectivity index (χ2v) is 4.20. The van der Waals surface area contributed by atoms with Crippen LogP contribution in [-0.2, 0) is 0 Å². The Morgan fingerprint density at radius 2 is 2.31 bits per heavy atom. The van der Waals surface area contributed by atoms with Crippen LogP contribution in [0.3, 0.4) is 0 Å². The number of anilines is 1. The van der Waals surface area contributed by atoms with Gasteiger partial charge in [-0.1, -0.05) is 6.92 Å². The molecule has 86 valence electrons. The van der Waals surface area contributed by atoms with E-state index in [9.17, 15) is 5.11 Å². The van der Waals surface area contributed by atoms with Gasteiger partial charge in [-0.05, 0) is 25.5 Å². The van der Waals surface area contributed by atoms with E-state index in [1.54, 1.807) is 19.4 Å². The molecule has 0 saturated heterocycles. The fourth-order valence-electron chi connectivity index (χ4n) is 1.43. The number of aliphatic hydroxyl groups is 1. The standard InChI is InChI=1S/C12H16N2O2/c1-3-12(2,15)8-14-11-9-5-7-16-10(9)4-6-13-11/h4-7,15H,3,8H2,1-2H3,(H,13,14). The Hall–Kier alpha value is -1.55. The van der Waals surface area contributed by atoms with Gasteiger partial charge in [0.05, 0.1) is 17.3 Å². The Morgan fingerprint density at radius 3 is 3.06 bits per heavy atom. The Labute approximate surface area is 94.3 Å². The number of furan rings is 1. The third-order valence-electron chi connectivity index (χ3n) is 2.78. The average Bonchev–Trinajstić information content (AvgIpc) is 2.75. The lowest BCUT2D eigenvalue weighted by atomic mass is 10.0. The van der Waals surface area contributed by atoms with Crippen molar-refractivity contribution < 1.29 is 9.52 Å². The zero-order valence-electron chi connectivity index (χ0n) is 9.53. The van der Waals surface area contributed by atoms with Crippen LogP contribution in [0, 0.1) is 0 Å². The lowest BCUT2D eigenvalue weighted by molar-refractivity contribution is 0.0697. The number of nitrogens with zero attached hydrogens (tertiary/aromatic N) is 1. The second kappa shape index (κ2) is 4.14. The highest BCUT2D eigenvalue weighted by Gasteiger charge is 2.17. The Kier molecular flexibility index (Phi) is 2.83. The molecule has 0 aliphatic rings. The van der Waals surface area contributed by atoms with E-state index >= 15 is 0 Å². The van der Waals surface area contributed by atoms with E-state index in [1.807, 2.05) is 19.1 Å². The number of aromatic nitrogens is 1. The molecule has 4 heteroatoms. The first-order chi connectivity index (χ1) is 7.62. The zero-order chi connectivity index (χ0) is 11.6. The molecule has 0 aliphatic carbocycles. The van der Waals surface area contributed by atoms with E-state index in [0.717, 1.165) is 16.8 Å². The zero-order valence-corrected chi connectivity index (χ0v) is 9.53. The summed E-state index contributed by atoms with van der Waals surface area (Å²) in [6.45, 7) is 4.23. The molecule has 0 radical (unpaired) electrons. The second-order valence-electron chi connectivity index (χ2n) is 4.20. The van der Waals surface area contributed by atoms with Gasteiger partial charge in [0.2, 0.25) is 0 Å². The van der Waals surface area contributed by atoms with Gasteiger partial charge in [-0.25, -0.2) is 4.98 Å². The minimum absolute atomic E-state index is 0.473. The van der Waals surface area contributed by atoms with Gasteiger partial charge in [0.15, 0.2) is 0 Å². The van der Waals surface area contributed by atoms with Gasteiger partial charge in [-0.2, -0.15) is 0 Å². The molecule has 0 spiro atoms. The molecule has 1 unspecified atom stereocenters. The van der Waals surface area contributed by atoms with Crippen LogP contribution in [0.4, 0.5) is 5.82 Å². The minimum atomic E-state index is -0.715. The summed E-state index contributed by atoms with van der Waals surface area (Å²) in [5.41, 5.74) is 0.0850. The van der Waals surface area contributed by atoms with Crippen molar-refractivity contribution in [3.05, 3.63) is 24.6 Å². The van der Waals surface area contributed by atoms with Crippen molar-refractivity contribution in [3.63, 3.8) is 0 Å². The average molecular weight is 220 g/mol. The molecular weight excluding hydrogens is 204 g/mol. The maximum atomic E-state index is 9.89. The van der Waals surface area contributed by atoms with E-state index in [0.29, 0.717) is 13.0 Å². The number of rotatable bonds is 4. The highest BCUT2D eigenvalue weighted by molar-refractivity contribution is 5.87. The molecule has 2 aromatic rings. The smallest absolute Gasteiger partial charge is 0.139 e. The van der Waals surface area contributed by atoms with Crippen molar-refractivity contribution in [3.8, 4) is 0 Å². The van der Waals surface area contributed by atoms with Crippen molar-refractivity contribution in [2.24, 2.45) is 0 Å². The van der Waals surface area contributed by atoms with Gasteiger partial charge in [0.25, 0.3) is 0 Å². The third-order valence-corrected chi connectivity index (χ3v) is 2.78. The first-order valence-corrected chi connectivity index (χ1v) is 5.41. The van der Waals surface area contributed by atoms with Gasteiger partial charge in [0, 0.05) is 12.7 Å². The normalized spacial score (nSPS) is 14.9. The SMILES string of the molecule is CCC(C)(O)CNc1nccc2occc12. The summed E-state index contributed by atoms with van der Waals surface area (Å²) in [6, 6.07) is 3.68. The number of fused-ring (bicyclic) bond motifs is 1. The molecule has 2 N–H and O–H groups in total. The highest BCUT2D eigenvalue weighted by Crippen LogP contribution is 2.22. The van der Waals surface area contributed by atoms with Gasteiger partial charge < -0.3 is 14.8 Å². The van der Waals surface area contributed by atoms with Crippen LogP contribution in [0.25, 0.3) is 11.0 Å². The van der Waals surface area contributed by atoms with Crippen LogP contribution >= 0.6 is 0 Å². The summed E-state index contributed by atoms with van der Waals surface area (Å²) in [5, 5.41) is 14.0. The monoisotopic (exact) mass is 220 g/mol. The molecule has 0 amide bonds. The van der Waals surface area contributed by atoms with Crippen LogP contribution in [0.2, 0.25) is 0 Å². The van der Waals surface area contributed by atoms with Crippen molar-refractivity contribution in [1.29, 1.82) is 0 Å². The maximum absolute atomic E-state index is 9.89. The quantitative estimate of drug-likeness (QED) is 0.830. The summed E-state index contributed by atoms with van der Waals surface area (Å²) in [5.74, 6) is 0.750. The van der Waals surface area contributed by atoms with Crippen LogP contribution < -0.4 is 5.32 Å². The fourth-order valence-corrected chi connectivity index (χ4v) is 1.43. The van der Waals surface area contributed by atoms with Gasteiger partial charge in [-0.3, -0.25) is 0 Å². The van der Waals surface area contributed by atoms with E-state index in [-0.39, 0.29) is 0 Å². The van der Waals surface area contributed by atoms with Crippen molar-refractivity contribution in [2.75, 3.05) is 11.9 Å². The van der Waals surface area contributed by atoms with Crippen LogP contribution in [-0.4, -0.2) is 22.2 Å². The molecule has 4 nitrogen and oxygen atoms in total. The predicted octanol–water partition coefficient (Wildman–Crippen LogP) is 2.40. The van der Waals surface area contributed by atoms with E-state index in [2.05, 4.69) is 10.3 Å². The van der Waals surface area contributed by atoms with Gasteiger partial charge >= 0.3 is 0 Å². The highest BCUT2D eigenvalue weighted by atomic mass is 16.3. The van der Waals surface area contributed by atoms with E-state index in [1.165, 1.54) is 0 Å². The summed E-state index contributed by atoms with van der Waals surface area (Å²) >= 11 is 0. The van der Waals surface area contributed by atoms with Gasteiger partial charge in [-0.15, -0.1) is 0 Å². The molecule has 0 aromatic carbocycles. The predicted molar refractivity (Wildman–Crippen MR) is 63.4 cm³/mol. The van der Waals surface area contributed by atoms with Crippen LogP contribution in [0.15, 0.2) is 29.0 Å². The molecular formula is C12H16N2O2. The number of hydrogen-bond donors (Lipinski definition) is 2. The molecule has 2 rings (SSSR count). The molecule has 0 bridgehead atoms. The lowest BCUT2D eigenvalue weighted by Gasteiger charge is -2.21. The Balaban J connectivity index is 2.18. The number of pyridine rings is 1. The summed E-state index contributed by atoms with van der Waals surface area (Å²) in [6.07, 6.45) is 4.02. The molecule has 0 fully saturated rings.